The highest BCUT2D eigenvalue weighted by Crippen LogP contribution is 2.29. The molecule has 0 fully saturated rings. The molecule has 2 rings (SSSR count). The molecule has 0 unspecified atom stereocenters. The molecule has 88 valence electrons. The van der Waals surface area contributed by atoms with E-state index in [-0.39, 0.29) is 0 Å². The third kappa shape index (κ3) is 2.33. The molecule has 17 heavy (non-hydrogen) atoms. The molecule has 0 heterocycles. The highest BCUT2D eigenvalue weighted by Gasteiger charge is 2.08. The summed E-state index contributed by atoms with van der Waals surface area (Å²) < 4.78 is 0. The largest absolute Gasteiger partial charge is 0.344 e. The second-order valence-electron chi connectivity index (χ2n) is 4.64. The van der Waals surface area contributed by atoms with Crippen LogP contribution in [0.15, 0.2) is 42.5 Å². The van der Waals surface area contributed by atoms with Crippen molar-refractivity contribution in [2.45, 2.75) is 20.8 Å². The minimum atomic E-state index is 1.27. The first-order valence-corrected chi connectivity index (χ1v) is 5.96. The van der Waals surface area contributed by atoms with Gasteiger partial charge in [-0.1, -0.05) is 30.3 Å². The van der Waals surface area contributed by atoms with E-state index in [0.29, 0.717) is 0 Å². The van der Waals surface area contributed by atoms with Gasteiger partial charge in [0, 0.05) is 18.4 Å². The molecule has 0 saturated carbocycles. The van der Waals surface area contributed by atoms with Crippen LogP contribution in [0.3, 0.4) is 0 Å². The van der Waals surface area contributed by atoms with Crippen LogP contribution in [-0.4, -0.2) is 7.05 Å². The molecular formula is C16H19N. The van der Waals surface area contributed by atoms with Crippen LogP contribution in [0.5, 0.6) is 0 Å². The van der Waals surface area contributed by atoms with Gasteiger partial charge in [-0.3, -0.25) is 0 Å². The SMILES string of the molecule is Cc1ccc(C)c(N(C)c2ccccc2C)c1. The predicted octanol–water partition coefficient (Wildman–Crippen LogP) is 4.38. The Kier molecular flexibility index (Phi) is 3.19. The van der Waals surface area contributed by atoms with Gasteiger partial charge in [-0.2, -0.15) is 0 Å². The molecule has 1 nitrogen and oxygen atoms in total. The Labute approximate surface area is 104 Å². The maximum Gasteiger partial charge on any atom is 0.0440 e. The van der Waals surface area contributed by atoms with Crippen molar-refractivity contribution < 1.29 is 0 Å². The lowest BCUT2D eigenvalue weighted by atomic mass is 10.1. The Morgan fingerprint density at radius 2 is 1.41 bits per heavy atom. The second kappa shape index (κ2) is 4.62. The number of para-hydroxylation sites is 1. The summed E-state index contributed by atoms with van der Waals surface area (Å²) in [5.74, 6) is 0. The number of benzene rings is 2. The molecule has 0 N–H and O–H groups in total. The van der Waals surface area contributed by atoms with Crippen molar-refractivity contribution in [3.63, 3.8) is 0 Å². The van der Waals surface area contributed by atoms with Crippen molar-refractivity contribution in [1.82, 2.24) is 0 Å². The van der Waals surface area contributed by atoms with Crippen molar-refractivity contribution in [1.29, 1.82) is 0 Å². The van der Waals surface area contributed by atoms with E-state index in [1.54, 1.807) is 0 Å². The van der Waals surface area contributed by atoms with E-state index in [2.05, 4.69) is 75.2 Å². The highest BCUT2D eigenvalue weighted by atomic mass is 15.1. The van der Waals surface area contributed by atoms with Gasteiger partial charge in [0.15, 0.2) is 0 Å². The Morgan fingerprint density at radius 1 is 0.765 bits per heavy atom. The van der Waals surface area contributed by atoms with Crippen molar-refractivity contribution in [2.75, 3.05) is 11.9 Å². The fourth-order valence-corrected chi connectivity index (χ4v) is 2.15. The molecule has 0 bridgehead atoms. The van der Waals surface area contributed by atoms with Crippen LogP contribution in [-0.2, 0) is 0 Å². The fourth-order valence-electron chi connectivity index (χ4n) is 2.15. The zero-order valence-corrected chi connectivity index (χ0v) is 11.0. The van der Waals surface area contributed by atoms with Gasteiger partial charge >= 0.3 is 0 Å². The molecule has 0 aromatic heterocycles. The van der Waals surface area contributed by atoms with Crippen molar-refractivity contribution in [2.24, 2.45) is 0 Å². The standard InChI is InChI=1S/C16H19N/c1-12-9-10-14(3)16(11-12)17(4)15-8-6-5-7-13(15)2/h5-11H,1-4H3. The molecule has 1 heteroatoms. The van der Waals surface area contributed by atoms with Gasteiger partial charge in [-0.15, -0.1) is 0 Å². The predicted molar refractivity (Wildman–Crippen MR) is 75.2 cm³/mol. The van der Waals surface area contributed by atoms with E-state index in [1.807, 2.05) is 0 Å². The maximum absolute atomic E-state index is 2.26. The first kappa shape index (κ1) is 11.7. The number of aryl methyl sites for hydroxylation is 3. The second-order valence-corrected chi connectivity index (χ2v) is 4.64. The zero-order valence-electron chi connectivity index (χ0n) is 11.0. The monoisotopic (exact) mass is 225 g/mol. The van der Waals surface area contributed by atoms with E-state index in [9.17, 15) is 0 Å². The molecule has 0 aliphatic heterocycles. The van der Waals surface area contributed by atoms with Crippen LogP contribution in [0.1, 0.15) is 16.7 Å². The van der Waals surface area contributed by atoms with Gasteiger partial charge in [0.2, 0.25) is 0 Å². The molecule has 2 aromatic rings. The van der Waals surface area contributed by atoms with E-state index in [4.69, 9.17) is 0 Å². The highest BCUT2D eigenvalue weighted by molar-refractivity contribution is 5.68. The van der Waals surface area contributed by atoms with Crippen LogP contribution in [0, 0.1) is 20.8 Å². The van der Waals surface area contributed by atoms with Gasteiger partial charge in [0.25, 0.3) is 0 Å². The molecule has 0 amide bonds. The van der Waals surface area contributed by atoms with Gasteiger partial charge in [-0.05, 0) is 49.6 Å². The molecule has 0 radical (unpaired) electrons. The molecule has 0 aliphatic rings. The van der Waals surface area contributed by atoms with Crippen molar-refractivity contribution >= 4 is 11.4 Å². The first-order valence-electron chi connectivity index (χ1n) is 5.96. The minimum Gasteiger partial charge on any atom is -0.344 e. The number of anilines is 2. The Morgan fingerprint density at radius 3 is 2.12 bits per heavy atom. The number of hydrogen-bond acceptors (Lipinski definition) is 1. The van der Waals surface area contributed by atoms with Crippen LogP contribution < -0.4 is 4.90 Å². The Hall–Kier alpha value is -1.76. The summed E-state index contributed by atoms with van der Waals surface area (Å²) in [6.07, 6.45) is 0. The van der Waals surface area contributed by atoms with Gasteiger partial charge in [0.1, 0.15) is 0 Å². The topological polar surface area (TPSA) is 3.24 Å². The average molecular weight is 225 g/mol. The van der Waals surface area contributed by atoms with E-state index < -0.39 is 0 Å². The van der Waals surface area contributed by atoms with Crippen LogP contribution in [0.2, 0.25) is 0 Å². The van der Waals surface area contributed by atoms with E-state index in [1.165, 1.54) is 28.1 Å². The van der Waals surface area contributed by atoms with Crippen molar-refractivity contribution in [3.05, 3.63) is 59.2 Å². The quantitative estimate of drug-likeness (QED) is 0.733. The summed E-state index contributed by atoms with van der Waals surface area (Å²) in [4.78, 5) is 2.26. The molecule has 2 aromatic carbocycles. The van der Waals surface area contributed by atoms with Gasteiger partial charge < -0.3 is 4.90 Å². The molecule has 0 saturated heterocycles. The van der Waals surface area contributed by atoms with Gasteiger partial charge in [0.05, 0.1) is 0 Å². The summed E-state index contributed by atoms with van der Waals surface area (Å²) in [5.41, 5.74) is 6.45. The van der Waals surface area contributed by atoms with Crippen molar-refractivity contribution in [3.8, 4) is 0 Å². The normalized spacial score (nSPS) is 10.4. The van der Waals surface area contributed by atoms with Crippen LogP contribution >= 0.6 is 0 Å². The van der Waals surface area contributed by atoms with E-state index >= 15 is 0 Å². The van der Waals surface area contributed by atoms with Gasteiger partial charge in [-0.25, -0.2) is 0 Å². The fraction of sp³-hybridized carbons (Fsp3) is 0.250. The van der Waals surface area contributed by atoms with Crippen LogP contribution in [0.25, 0.3) is 0 Å². The maximum atomic E-state index is 2.26. The number of rotatable bonds is 2. The van der Waals surface area contributed by atoms with E-state index in [0.717, 1.165) is 0 Å². The smallest absolute Gasteiger partial charge is 0.0440 e. The Bertz CT molecular complexity index is 529. The number of nitrogens with zero attached hydrogens (tertiary/aromatic N) is 1. The van der Waals surface area contributed by atoms with Crippen LogP contribution in [0.4, 0.5) is 11.4 Å². The lowest BCUT2D eigenvalue weighted by molar-refractivity contribution is 1.16. The molecular weight excluding hydrogens is 206 g/mol. The summed E-state index contributed by atoms with van der Waals surface area (Å²) in [5, 5.41) is 0. The minimum absolute atomic E-state index is 1.27. The molecule has 0 atom stereocenters. The summed E-state index contributed by atoms with van der Waals surface area (Å²) >= 11 is 0. The Balaban J connectivity index is 2.47. The third-order valence-corrected chi connectivity index (χ3v) is 3.20. The summed E-state index contributed by atoms with van der Waals surface area (Å²) in [6.45, 7) is 6.44. The number of hydrogen-bond donors (Lipinski definition) is 0. The summed E-state index contributed by atoms with van der Waals surface area (Å²) in [7, 11) is 2.13. The zero-order chi connectivity index (χ0) is 12.4. The lowest BCUT2D eigenvalue weighted by Crippen LogP contribution is -2.12. The first-order chi connectivity index (χ1) is 8.09. The molecule has 0 spiro atoms. The molecule has 0 aliphatic carbocycles. The average Bonchev–Trinajstić information content (AvgIpc) is 2.32. The third-order valence-electron chi connectivity index (χ3n) is 3.20. The summed E-state index contributed by atoms with van der Waals surface area (Å²) in [6, 6.07) is 15.1. The lowest BCUT2D eigenvalue weighted by Gasteiger charge is -2.23.